The molecule has 0 aliphatic rings. The fourth-order valence-electron chi connectivity index (χ4n) is 1.62. The summed E-state index contributed by atoms with van der Waals surface area (Å²) in [6.45, 7) is 1.97. The molecule has 2 N–H and O–H groups in total. The highest BCUT2D eigenvalue weighted by Crippen LogP contribution is 2.29. The van der Waals surface area contributed by atoms with E-state index in [4.69, 9.17) is 14.9 Å². The number of nitrogens with two attached hydrogens (primary N) is 1. The van der Waals surface area contributed by atoms with Gasteiger partial charge in [-0.15, -0.1) is 0 Å². The van der Waals surface area contributed by atoms with Crippen molar-refractivity contribution in [2.75, 3.05) is 7.11 Å². The molecule has 0 radical (unpaired) electrons. The number of hydrogen-bond acceptors (Lipinski definition) is 5. The normalized spacial score (nSPS) is 12.4. The Bertz CT molecular complexity index is 498. The van der Waals surface area contributed by atoms with E-state index < -0.39 is 0 Å². The first kappa shape index (κ1) is 13.0. The van der Waals surface area contributed by atoms with E-state index in [-0.39, 0.29) is 6.04 Å². The van der Waals surface area contributed by atoms with E-state index in [1.807, 2.05) is 19.1 Å². The summed E-state index contributed by atoms with van der Waals surface area (Å²) in [5.74, 6) is 1.60. The molecular weight excluding hydrogens is 248 g/mol. The zero-order chi connectivity index (χ0) is 13.0. The molecule has 1 unspecified atom stereocenters. The van der Waals surface area contributed by atoms with Crippen molar-refractivity contribution >= 4 is 11.8 Å². The van der Waals surface area contributed by atoms with E-state index in [0.717, 1.165) is 22.6 Å². The van der Waals surface area contributed by atoms with Crippen molar-refractivity contribution in [3.63, 3.8) is 0 Å². The van der Waals surface area contributed by atoms with Crippen molar-refractivity contribution < 1.29 is 9.15 Å². The third-order valence-corrected chi connectivity index (χ3v) is 3.49. The summed E-state index contributed by atoms with van der Waals surface area (Å²) in [7, 11) is 1.67. The predicted octanol–water partition coefficient (Wildman–Crippen LogP) is 3.00. The second kappa shape index (κ2) is 5.93. The number of aromatic nitrogens is 1. The lowest BCUT2D eigenvalue weighted by Gasteiger charge is -2.12. The molecule has 0 spiro atoms. The maximum absolute atomic E-state index is 5.89. The van der Waals surface area contributed by atoms with E-state index in [1.54, 1.807) is 19.6 Å². The second-order valence-electron chi connectivity index (χ2n) is 3.95. The van der Waals surface area contributed by atoms with Crippen LogP contribution in [0.5, 0.6) is 5.75 Å². The SMILES string of the molecule is COc1ccc(C(C)N)cc1CSc1ncco1. The number of benzene rings is 1. The van der Waals surface area contributed by atoms with E-state index in [9.17, 15) is 0 Å². The Morgan fingerprint density at radius 1 is 1.50 bits per heavy atom. The van der Waals surface area contributed by atoms with E-state index in [2.05, 4.69) is 11.1 Å². The molecule has 0 amide bonds. The zero-order valence-electron chi connectivity index (χ0n) is 10.4. The van der Waals surface area contributed by atoms with Gasteiger partial charge < -0.3 is 14.9 Å². The number of hydrogen-bond donors (Lipinski definition) is 1. The molecule has 0 aliphatic carbocycles. The molecule has 5 heteroatoms. The van der Waals surface area contributed by atoms with Gasteiger partial charge in [0.2, 0.25) is 0 Å². The Kier molecular flexibility index (Phi) is 4.28. The van der Waals surface area contributed by atoms with Crippen LogP contribution in [0.1, 0.15) is 24.1 Å². The number of thioether (sulfide) groups is 1. The number of methoxy groups -OCH3 is 1. The van der Waals surface area contributed by atoms with Crippen LogP contribution in [0.15, 0.2) is 40.3 Å². The standard InChI is InChI=1S/C13H16N2O2S/c1-9(14)10-3-4-12(16-2)11(7-10)8-18-13-15-5-6-17-13/h3-7,9H,8,14H2,1-2H3. The molecule has 0 saturated carbocycles. The third kappa shape index (κ3) is 3.05. The molecular formula is C13H16N2O2S. The van der Waals surface area contributed by atoms with Crippen LogP contribution in [0.3, 0.4) is 0 Å². The molecule has 1 atom stereocenters. The Morgan fingerprint density at radius 3 is 2.94 bits per heavy atom. The van der Waals surface area contributed by atoms with Gasteiger partial charge in [0.1, 0.15) is 12.0 Å². The van der Waals surface area contributed by atoms with Crippen LogP contribution in [-0.4, -0.2) is 12.1 Å². The number of oxazole rings is 1. The monoisotopic (exact) mass is 264 g/mol. The Morgan fingerprint density at radius 2 is 2.33 bits per heavy atom. The first-order chi connectivity index (χ1) is 8.70. The minimum Gasteiger partial charge on any atom is -0.496 e. The van der Waals surface area contributed by atoms with Gasteiger partial charge in [0.15, 0.2) is 0 Å². The quantitative estimate of drug-likeness (QED) is 0.841. The second-order valence-corrected chi connectivity index (χ2v) is 4.87. The molecule has 4 nitrogen and oxygen atoms in total. The molecule has 1 aromatic carbocycles. The maximum atomic E-state index is 5.89. The molecule has 0 aliphatic heterocycles. The lowest BCUT2D eigenvalue weighted by molar-refractivity contribution is 0.411. The van der Waals surface area contributed by atoms with Gasteiger partial charge in [-0.25, -0.2) is 4.98 Å². The summed E-state index contributed by atoms with van der Waals surface area (Å²) in [4.78, 5) is 4.08. The van der Waals surface area contributed by atoms with Crippen LogP contribution in [0.25, 0.3) is 0 Å². The molecule has 0 bridgehead atoms. The van der Waals surface area contributed by atoms with Gasteiger partial charge >= 0.3 is 0 Å². The maximum Gasteiger partial charge on any atom is 0.255 e. The van der Waals surface area contributed by atoms with Gasteiger partial charge in [-0.3, -0.25) is 0 Å². The van der Waals surface area contributed by atoms with Gasteiger partial charge in [-0.05, 0) is 24.6 Å². The number of nitrogens with zero attached hydrogens (tertiary/aromatic N) is 1. The van der Waals surface area contributed by atoms with Crippen molar-refractivity contribution in [1.29, 1.82) is 0 Å². The van der Waals surface area contributed by atoms with Crippen molar-refractivity contribution in [3.8, 4) is 5.75 Å². The average molecular weight is 264 g/mol. The Labute approximate surface area is 111 Å². The summed E-state index contributed by atoms with van der Waals surface area (Å²) < 4.78 is 10.5. The molecule has 2 aromatic rings. The van der Waals surface area contributed by atoms with E-state index in [1.165, 1.54) is 11.8 Å². The Hall–Kier alpha value is -1.46. The largest absolute Gasteiger partial charge is 0.496 e. The van der Waals surface area contributed by atoms with Crippen molar-refractivity contribution in [2.45, 2.75) is 23.9 Å². The number of rotatable bonds is 5. The fraction of sp³-hybridized carbons (Fsp3) is 0.308. The molecule has 96 valence electrons. The van der Waals surface area contributed by atoms with Crippen LogP contribution >= 0.6 is 11.8 Å². The van der Waals surface area contributed by atoms with Crippen molar-refractivity contribution in [2.24, 2.45) is 5.73 Å². The van der Waals surface area contributed by atoms with Crippen LogP contribution in [0.2, 0.25) is 0 Å². The lowest BCUT2D eigenvalue weighted by atomic mass is 10.1. The molecule has 18 heavy (non-hydrogen) atoms. The highest BCUT2D eigenvalue weighted by molar-refractivity contribution is 7.98. The smallest absolute Gasteiger partial charge is 0.255 e. The van der Waals surface area contributed by atoms with Crippen LogP contribution in [0.4, 0.5) is 0 Å². The molecule has 2 rings (SSSR count). The first-order valence-electron chi connectivity index (χ1n) is 5.65. The summed E-state index contributed by atoms with van der Waals surface area (Å²) in [5, 5.41) is 0.656. The highest BCUT2D eigenvalue weighted by atomic mass is 32.2. The first-order valence-corrected chi connectivity index (χ1v) is 6.64. The van der Waals surface area contributed by atoms with Crippen LogP contribution < -0.4 is 10.5 Å². The lowest BCUT2D eigenvalue weighted by Crippen LogP contribution is -2.05. The summed E-state index contributed by atoms with van der Waals surface area (Å²) >= 11 is 1.53. The molecule has 0 fully saturated rings. The van der Waals surface area contributed by atoms with Gasteiger partial charge in [0, 0.05) is 17.4 Å². The minimum atomic E-state index is 0.0152. The Balaban J connectivity index is 2.16. The fourth-order valence-corrected chi connectivity index (χ4v) is 2.38. The summed E-state index contributed by atoms with van der Waals surface area (Å²) in [6.07, 6.45) is 3.20. The molecule has 0 saturated heterocycles. The summed E-state index contributed by atoms with van der Waals surface area (Å²) in [6, 6.07) is 6.02. The minimum absolute atomic E-state index is 0.0152. The number of ether oxygens (including phenoxy) is 1. The average Bonchev–Trinajstić information content (AvgIpc) is 2.89. The molecule has 1 heterocycles. The summed E-state index contributed by atoms with van der Waals surface area (Å²) in [5.41, 5.74) is 8.08. The predicted molar refractivity (Wildman–Crippen MR) is 71.7 cm³/mol. The van der Waals surface area contributed by atoms with E-state index in [0.29, 0.717) is 5.22 Å². The molecule has 1 aromatic heterocycles. The topological polar surface area (TPSA) is 61.3 Å². The highest BCUT2D eigenvalue weighted by Gasteiger charge is 2.09. The van der Waals surface area contributed by atoms with Crippen molar-refractivity contribution in [3.05, 3.63) is 41.8 Å². The van der Waals surface area contributed by atoms with Gasteiger partial charge in [0.05, 0.1) is 13.3 Å². The van der Waals surface area contributed by atoms with Gasteiger partial charge in [-0.2, -0.15) is 0 Å². The van der Waals surface area contributed by atoms with Gasteiger partial charge in [0.25, 0.3) is 5.22 Å². The van der Waals surface area contributed by atoms with Crippen LogP contribution in [0, 0.1) is 0 Å². The third-order valence-electron chi connectivity index (χ3n) is 2.59. The van der Waals surface area contributed by atoms with E-state index >= 15 is 0 Å². The van der Waals surface area contributed by atoms with Crippen LogP contribution in [-0.2, 0) is 5.75 Å². The van der Waals surface area contributed by atoms with Crippen molar-refractivity contribution in [1.82, 2.24) is 4.98 Å². The zero-order valence-corrected chi connectivity index (χ0v) is 11.2. The van der Waals surface area contributed by atoms with Gasteiger partial charge in [-0.1, -0.05) is 17.8 Å².